The van der Waals surface area contributed by atoms with Crippen molar-refractivity contribution in [2.45, 2.75) is 45.1 Å². The van der Waals surface area contributed by atoms with E-state index < -0.39 is 0 Å². The highest BCUT2D eigenvalue weighted by atomic mass is 16.5. The molecule has 1 saturated carbocycles. The number of hydrogen-bond acceptors (Lipinski definition) is 3. The Labute approximate surface area is 110 Å². The molecule has 1 N–H and O–H groups in total. The lowest BCUT2D eigenvalue weighted by atomic mass is 9.91. The van der Waals surface area contributed by atoms with Crippen LogP contribution >= 0.6 is 0 Å². The van der Waals surface area contributed by atoms with Gasteiger partial charge in [0.25, 0.3) is 0 Å². The van der Waals surface area contributed by atoms with Gasteiger partial charge in [0.05, 0.1) is 12.8 Å². The van der Waals surface area contributed by atoms with E-state index in [0.29, 0.717) is 17.9 Å². The van der Waals surface area contributed by atoms with E-state index in [9.17, 15) is 0 Å². The van der Waals surface area contributed by atoms with Crippen LogP contribution in [0, 0.1) is 5.92 Å². The van der Waals surface area contributed by atoms with Gasteiger partial charge < -0.3 is 10.1 Å². The number of rotatable bonds is 5. The lowest BCUT2D eigenvalue weighted by Crippen LogP contribution is -2.30. The fraction of sp³-hybridized carbons (Fsp3) is 0.667. The summed E-state index contributed by atoms with van der Waals surface area (Å²) in [4.78, 5) is 4.56. The van der Waals surface area contributed by atoms with E-state index in [1.54, 1.807) is 7.11 Å². The molecule has 1 aromatic heterocycles. The minimum absolute atomic E-state index is 0.549. The van der Waals surface area contributed by atoms with Crippen molar-refractivity contribution < 1.29 is 4.74 Å². The van der Waals surface area contributed by atoms with Gasteiger partial charge in [-0.3, -0.25) is 4.98 Å². The molecule has 2 atom stereocenters. The molecule has 0 bridgehead atoms. The number of ether oxygens (including phenoxy) is 1. The molecular weight excluding hydrogens is 224 g/mol. The fourth-order valence-electron chi connectivity index (χ4n) is 2.88. The Hall–Kier alpha value is -1.09. The first-order chi connectivity index (χ1) is 8.72. The predicted octanol–water partition coefficient (Wildman–Crippen LogP) is 2.97. The van der Waals surface area contributed by atoms with Crippen molar-refractivity contribution in [3.8, 4) is 5.75 Å². The Morgan fingerprint density at radius 1 is 1.44 bits per heavy atom. The summed E-state index contributed by atoms with van der Waals surface area (Å²) in [5, 5.41) is 3.56. The van der Waals surface area contributed by atoms with Crippen LogP contribution in [0.5, 0.6) is 5.75 Å². The zero-order chi connectivity index (χ0) is 13.0. The van der Waals surface area contributed by atoms with Crippen LogP contribution in [0.3, 0.4) is 0 Å². The van der Waals surface area contributed by atoms with Crippen LogP contribution in [0.4, 0.5) is 0 Å². The first kappa shape index (κ1) is 13.3. The van der Waals surface area contributed by atoms with Crippen LogP contribution in [0.1, 0.15) is 44.7 Å². The normalized spacial score (nSPS) is 23.6. The number of methoxy groups -OCH3 is 1. The van der Waals surface area contributed by atoms with Crippen LogP contribution < -0.4 is 10.1 Å². The van der Waals surface area contributed by atoms with Gasteiger partial charge in [-0.25, -0.2) is 0 Å². The smallest absolute Gasteiger partial charge is 0.140 e. The molecule has 1 aliphatic carbocycles. The first-order valence-corrected chi connectivity index (χ1v) is 6.94. The van der Waals surface area contributed by atoms with Gasteiger partial charge in [0.1, 0.15) is 5.75 Å². The summed E-state index contributed by atoms with van der Waals surface area (Å²) < 4.78 is 5.45. The topological polar surface area (TPSA) is 34.1 Å². The minimum atomic E-state index is 0.549. The molecule has 0 amide bonds. The van der Waals surface area contributed by atoms with E-state index in [2.05, 4.69) is 24.1 Å². The summed E-state index contributed by atoms with van der Waals surface area (Å²) in [5.41, 5.74) is 1.15. The Bertz CT molecular complexity index is 379. The monoisotopic (exact) mass is 248 g/mol. The van der Waals surface area contributed by atoms with Crippen molar-refractivity contribution in [1.29, 1.82) is 0 Å². The van der Waals surface area contributed by atoms with Gasteiger partial charge in [0.15, 0.2) is 0 Å². The van der Waals surface area contributed by atoms with Gasteiger partial charge in [0.2, 0.25) is 0 Å². The van der Waals surface area contributed by atoms with Gasteiger partial charge in [-0.1, -0.05) is 20.3 Å². The molecule has 3 nitrogen and oxygen atoms in total. The second-order valence-corrected chi connectivity index (χ2v) is 5.45. The molecule has 2 unspecified atom stereocenters. The number of nitrogens with one attached hydrogen (secondary N) is 1. The standard InChI is InChI=1S/C15H24N2O/c1-11(2)17-10-12-6-4-7-13(12)15-14(18-3)8-5-9-16-15/h5,8-9,11-13,17H,4,6-7,10H2,1-3H3. The third-order valence-corrected chi connectivity index (χ3v) is 3.82. The lowest BCUT2D eigenvalue weighted by Gasteiger charge is -2.22. The van der Waals surface area contributed by atoms with Gasteiger partial charge >= 0.3 is 0 Å². The Morgan fingerprint density at radius 3 is 3.00 bits per heavy atom. The number of nitrogens with zero attached hydrogens (tertiary/aromatic N) is 1. The summed E-state index contributed by atoms with van der Waals surface area (Å²) >= 11 is 0. The predicted molar refractivity (Wildman–Crippen MR) is 74.0 cm³/mol. The number of pyridine rings is 1. The van der Waals surface area contributed by atoms with Crippen molar-refractivity contribution in [2.24, 2.45) is 5.92 Å². The molecule has 0 aromatic carbocycles. The molecule has 0 spiro atoms. The average Bonchev–Trinajstić information content (AvgIpc) is 2.84. The van der Waals surface area contributed by atoms with Gasteiger partial charge in [-0.05, 0) is 37.4 Å². The molecule has 1 aromatic rings. The zero-order valence-corrected chi connectivity index (χ0v) is 11.6. The van der Waals surface area contributed by atoms with Crippen LogP contribution in [0.15, 0.2) is 18.3 Å². The molecule has 100 valence electrons. The van der Waals surface area contributed by atoms with Crippen LogP contribution in [-0.2, 0) is 0 Å². The molecule has 1 heterocycles. The molecule has 1 aliphatic rings. The summed E-state index contributed by atoms with van der Waals surface area (Å²) in [6, 6.07) is 4.52. The zero-order valence-electron chi connectivity index (χ0n) is 11.6. The van der Waals surface area contributed by atoms with Gasteiger partial charge in [-0.15, -0.1) is 0 Å². The van der Waals surface area contributed by atoms with Crippen LogP contribution in [0.25, 0.3) is 0 Å². The largest absolute Gasteiger partial charge is 0.495 e. The SMILES string of the molecule is COc1cccnc1C1CCCC1CNC(C)C. The van der Waals surface area contributed by atoms with E-state index >= 15 is 0 Å². The van der Waals surface area contributed by atoms with E-state index in [0.717, 1.165) is 18.0 Å². The molecule has 0 aliphatic heterocycles. The van der Waals surface area contributed by atoms with E-state index in [1.807, 2.05) is 18.3 Å². The van der Waals surface area contributed by atoms with Crippen LogP contribution in [-0.4, -0.2) is 24.7 Å². The van der Waals surface area contributed by atoms with Crippen molar-refractivity contribution in [2.75, 3.05) is 13.7 Å². The highest BCUT2D eigenvalue weighted by Gasteiger charge is 2.31. The highest BCUT2D eigenvalue weighted by molar-refractivity contribution is 5.31. The number of hydrogen-bond donors (Lipinski definition) is 1. The summed E-state index contributed by atoms with van der Waals surface area (Å²) in [5.74, 6) is 2.18. The lowest BCUT2D eigenvalue weighted by molar-refractivity contribution is 0.378. The maximum Gasteiger partial charge on any atom is 0.140 e. The summed E-state index contributed by atoms with van der Waals surface area (Å²) in [6.07, 6.45) is 5.71. The third-order valence-electron chi connectivity index (χ3n) is 3.82. The summed E-state index contributed by atoms with van der Waals surface area (Å²) in [7, 11) is 1.73. The van der Waals surface area contributed by atoms with E-state index in [1.165, 1.54) is 19.3 Å². The molecule has 1 fully saturated rings. The molecule has 2 rings (SSSR count). The molecule has 3 heteroatoms. The van der Waals surface area contributed by atoms with Crippen molar-refractivity contribution >= 4 is 0 Å². The highest BCUT2D eigenvalue weighted by Crippen LogP contribution is 2.41. The minimum Gasteiger partial charge on any atom is -0.495 e. The Morgan fingerprint density at radius 2 is 2.28 bits per heavy atom. The van der Waals surface area contributed by atoms with Gasteiger partial charge in [-0.2, -0.15) is 0 Å². The second-order valence-electron chi connectivity index (χ2n) is 5.45. The quantitative estimate of drug-likeness (QED) is 0.870. The van der Waals surface area contributed by atoms with E-state index in [4.69, 9.17) is 4.74 Å². The van der Waals surface area contributed by atoms with Gasteiger partial charge in [0, 0.05) is 18.2 Å². The molecule has 0 saturated heterocycles. The Kier molecular flexibility index (Phi) is 4.59. The molecular formula is C15H24N2O. The first-order valence-electron chi connectivity index (χ1n) is 6.94. The fourth-order valence-corrected chi connectivity index (χ4v) is 2.88. The maximum absolute atomic E-state index is 5.45. The number of aromatic nitrogens is 1. The molecule has 18 heavy (non-hydrogen) atoms. The summed E-state index contributed by atoms with van der Waals surface area (Å²) in [6.45, 7) is 5.48. The Balaban J connectivity index is 2.10. The van der Waals surface area contributed by atoms with E-state index in [-0.39, 0.29) is 0 Å². The van der Waals surface area contributed by atoms with Crippen molar-refractivity contribution in [1.82, 2.24) is 10.3 Å². The third kappa shape index (κ3) is 3.02. The second kappa shape index (κ2) is 6.19. The van der Waals surface area contributed by atoms with Crippen molar-refractivity contribution in [3.63, 3.8) is 0 Å². The maximum atomic E-state index is 5.45. The molecule has 0 radical (unpaired) electrons. The average molecular weight is 248 g/mol. The van der Waals surface area contributed by atoms with Crippen LogP contribution in [0.2, 0.25) is 0 Å². The van der Waals surface area contributed by atoms with Crippen molar-refractivity contribution in [3.05, 3.63) is 24.0 Å².